The number of halogens is 1. The highest BCUT2D eigenvalue weighted by Gasteiger charge is 2.29. The lowest BCUT2D eigenvalue weighted by Crippen LogP contribution is -2.29. The molecule has 7 nitrogen and oxygen atoms in total. The van der Waals surface area contributed by atoms with E-state index in [0.29, 0.717) is 28.5 Å². The number of benzene rings is 2. The second-order valence-corrected chi connectivity index (χ2v) is 9.03. The monoisotopic (exact) mass is 456 g/mol. The van der Waals surface area contributed by atoms with Gasteiger partial charge in [-0.1, -0.05) is 21.6 Å². The third kappa shape index (κ3) is 5.04. The maximum absolute atomic E-state index is 13.0. The van der Waals surface area contributed by atoms with E-state index in [4.69, 9.17) is 11.6 Å². The van der Waals surface area contributed by atoms with Crippen molar-refractivity contribution in [3.8, 4) is 0 Å². The van der Waals surface area contributed by atoms with Crippen LogP contribution in [0.15, 0.2) is 71.9 Å². The number of amides is 2. The zero-order valence-electron chi connectivity index (χ0n) is 16.8. The number of carbonyl (C=O) groups is 1. The lowest BCUT2D eigenvalue weighted by molar-refractivity contribution is -0.323. The Morgan fingerprint density at radius 2 is 1.84 bits per heavy atom. The van der Waals surface area contributed by atoms with Gasteiger partial charge >= 0.3 is 16.1 Å². The fraction of sp³-hybridized carbons (Fsp3) is 0.0909. The first kappa shape index (κ1) is 22.3. The molecule has 0 atom stereocenters. The van der Waals surface area contributed by atoms with Gasteiger partial charge in [-0.3, -0.25) is 4.98 Å². The van der Waals surface area contributed by atoms with Crippen LogP contribution in [-0.4, -0.2) is 41.4 Å². The Morgan fingerprint density at radius 3 is 2.45 bits per heavy atom. The molecule has 1 N–H and O–H groups in total. The standard InChI is InChI=1S/C22H20ClN4O3S/c1-16-13-18(23)6-11-21(16)27(3)31(29,30)20-9-7-19(8-10-20)26(2)22(28)25-15-17-5-4-12-24-14-17/h4-14H,2-3,15H2,1H3/q+1/p+1. The van der Waals surface area contributed by atoms with E-state index in [9.17, 15) is 13.2 Å². The second kappa shape index (κ2) is 9.20. The van der Waals surface area contributed by atoms with Gasteiger partial charge < -0.3 is 0 Å². The highest BCUT2D eigenvalue weighted by atomic mass is 35.5. The molecule has 0 radical (unpaired) electrons. The Bertz CT molecular complexity index is 1260. The van der Waals surface area contributed by atoms with Crippen molar-refractivity contribution in [3.63, 3.8) is 0 Å². The van der Waals surface area contributed by atoms with Crippen LogP contribution in [0.5, 0.6) is 0 Å². The van der Waals surface area contributed by atoms with Crippen molar-refractivity contribution in [2.75, 3.05) is 0 Å². The number of sulfonamides is 1. The summed E-state index contributed by atoms with van der Waals surface area (Å²) >= 11 is 5.95. The molecule has 3 aromatic rings. The molecule has 31 heavy (non-hydrogen) atoms. The summed E-state index contributed by atoms with van der Waals surface area (Å²) in [7, 11) is -3.90. The predicted molar refractivity (Wildman–Crippen MR) is 120 cm³/mol. The van der Waals surface area contributed by atoms with E-state index in [1.807, 2.05) is 6.07 Å². The number of nitrogens with one attached hydrogen (secondary N) is 1. The molecule has 0 saturated heterocycles. The molecule has 0 spiro atoms. The number of carbonyl (C=O) groups excluding carboxylic acids is 1. The fourth-order valence-corrected chi connectivity index (χ4v) is 4.27. The van der Waals surface area contributed by atoms with Gasteiger partial charge in [0.15, 0.2) is 6.72 Å². The highest BCUT2D eigenvalue weighted by Crippen LogP contribution is 2.27. The molecule has 0 bridgehead atoms. The average Bonchev–Trinajstić information content (AvgIpc) is 2.77. The Balaban J connectivity index is 1.74. The van der Waals surface area contributed by atoms with Gasteiger partial charge in [-0.2, -0.15) is 17.8 Å². The van der Waals surface area contributed by atoms with Gasteiger partial charge in [-0.05, 0) is 49.4 Å². The molecule has 1 aromatic heterocycles. The molecule has 0 fully saturated rings. The van der Waals surface area contributed by atoms with Gasteiger partial charge in [0, 0.05) is 34.6 Å². The van der Waals surface area contributed by atoms with Gasteiger partial charge in [0.25, 0.3) is 0 Å². The molecule has 3 rings (SSSR count). The first-order chi connectivity index (χ1) is 14.7. The number of urea groups is 1. The van der Waals surface area contributed by atoms with Crippen molar-refractivity contribution in [3.05, 3.63) is 83.1 Å². The fourth-order valence-electron chi connectivity index (χ4n) is 2.85. The maximum Gasteiger partial charge on any atom is 0.495 e. The molecule has 0 aliphatic carbocycles. The number of aryl methyl sites for hydroxylation is 1. The second-order valence-electron chi connectivity index (χ2n) is 6.73. The van der Waals surface area contributed by atoms with Crippen LogP contribution in [0.4, 0.5) is 16.2 Å². The van der Waals surface area contributed by atoms with Crippen LogP contribution in [0, 0.1) is 6.92 Å². The van der Waals surface area contributed by atoms with Crippen molar-refractivity contribution >= 4 is 52.5 Å². The van der Waals surface area contributed by atoms with Crippen LogP contribution in [-0.2, 0) is 16.6 Å². The van der Waals surface area contributed by atoms with E-state index in [1.54, 1.807) is 43.6 Å². The maximum atomic E-state index is 13.0. The third-order valence-corrected chi connectivity index (χ3v) is 6.46. The minimum Gasteiger partial charge on any atom is -0.264 e. The zero-order valence-corrected chi connectivity index (χ0v) is 18.4. The van der Waals surface area contributed by atoms with Crippen LogP contribution in [0.1, 0.15) is 11.1 Å². The molecule has 9 heteroatoms. The third-order valence-electron chi connectivity index (χ3n) is 4.58. The molecule has 158 valence electrons. The van der Waals surface area contributed by atoms with Crippen LogP contribution in [0.3, 0.4) is 0 Å². The summed E-state index contributed by atoms with van der Waals surface area (Å²) in [6.07, 6.45) is 3.30. The Hall–Kier alpha value is -3.36. The Morgan fingerprint density at radius 1 is 1.13 bits per heavy atom. The van der Waals surface area contributed by atoms with E-state index in [2.05, 4.69) is 23.7 Å². The largest absolute Gasteiger partial charge is 0.495 e. The number of hydrogen-bond donors (Lipinski definition) is 1. The summed E-state index contributed by atoms with van der Waals surface area (Å²) in [6.45, 7) is 9.48. The smallest absolute Gasteiger partial charge is 0.264 e. The van der Waals surface area contributed by atoms with Gasteiger partial charge in [-0.15, -0.1) is 0 Å². The van der Waals surface area contributed by atoms with E-state index in [-0.39, 0.29) is 4.90 Å². The number of hydrogen-bond acceptors (Lipinski definition) is 4. The number of aromatic nitrogens is 1. The molecule has 1 heterocycles. The van der Waals surface area contributed by atoms with Gasteiger partial charge in [-0.25, -0.2) is 5.32 Å². The van der Waals surface area contributed by atoms with E-state index in [1.165, 1.54) is 24.3 Å². The minimum absolute atomic E-state index is 0.0322. The van der Waals surface area contributed by atoms with Crippen LogP contribution >= 0.6 is 11.6 Å². The SMILES string of the molecule is C=[N+](C(=O)NCc1cccnc1)c1ccc(S(=O)(=O)[N+](=C)c2ccc(Cl)cc2C)cc1. The van der Waals surface area contributed by atoms with Crippen LogP contribution < -0.4 is 5.32 Å². The molecule has 0 aliphatic rings. The highest BCUT2D eigenvalue weighted by molar-refractivity contribution is 7.85. The predicted octanol–water partition coefficient (Wildman–Crippen LogP) is 4.03. The Kier molecular flexibility index (Phi) is 6.62. The van der Waals surface area contributed by atoms with Crippen molar-refractivity contribution in [2.24, 2.45) is 0 Å². The van der Waals surface area contributed by atoms with Crippen LogP contribution in [0.25, 0.3) is 0 Å². The van der Waals surface area contributed by atoms with Crippen molar-refractivity contribution < 1.29 is 21.8 Å². The summed E-state index contributed by atoms with van der Waals surface area (Å²) in [6, 6.07) is 13.9. The summed E-state index contributed by atoms with van der Waals surface area (Å²) in [4.78, 5) is 16.4. The number of nitrogens with zero attached hydrogens (tertiary/aromatic N) is 3. The van der Waals surface area contributed by atoms with E-state index >= 15 is 0 Å². The molecular formula is C22H21ClN4O3S+2. The molecule has 0 unspecified atom stereocenters. The van der Waals surface area contributed by atoms with Gasteiger partial charge in [0.1, 0.15) is 17.1 Å². The molecule has 2 aromatic carbocycles. The summed E-state index contributed by atoms with van der Waals surface area (Å²) < 4.78 is 28.0. The summed E-state index contributed by atoms with van der Waals surface area (Å²) in [5.41, 5.74) is 2.37. The average molecular weight is 457 g/mol. The Labute approximate surface area is 186 Å². The summed E-state index contributed by atoms with van der Waals surface area (Å²) in [5, 5.41) is 3.24. The summed E-state index contributed by atoms with van der Waals surface area (Å²) in [5.74, 6) is 0. The van der Waals surface area contributed by atoms with E-state index in [0.717, 1.165) is 14.1 Å². The number of rotatable bonds is 6. The molecular weight excluding hydrogens is 436 g/mol. The lowest BCUT2D eigenvalue weighted by Gasteiger charge is -2.06. The van der Waals surface area contributed by atoms with Crippen molar-refractivity contribution in [1.29, 1.82) is 0 Å². The number of pyridine rings is 1. The normalized spacial score (nSPS) is 11.0. The first-order valence-electron chi connectivity index (χ1n) is 9.19. The molecule has 0 aliphatic heterocycles. The van der Waals surface area contributed by atoms with Crippen molar-refractivity contribution in [1.82, 2.24) is 10.3 Å². The minimum atomic E-state index is -3.90. The molecule has 0 saturated carbocycles. The van der Waals surface area contributed by atoms with Gasteiger partial charge in [0.05, 0.1) is 6.72 Å². The molecule has 2 amide bonds. The topological polar surface area (TPSA) is 82.2 Å². The van der Waals surface area contributed by atoms with Crippen LogP contribution in [0.2, 0.25) is 5.02 Å². The zero-order chi connectivity index (χ0) is 22.6. The van der Waals surface area contributed by atoms with E-state index < -0.39 is 16.1 Å². The lowest BCUT2D eigenvalue weighted by atomic mass is 10.2. The van der Waals surface area contributed by atoms with Crippen molar-refractivity contribution in [2.45, 2.75) is 18.4 Å². The first-order valence-corrected chi connectivity index (χ1v) is 11.0. The van der Waals surface area contributed by atoms with Gasteiger partial charge in [0.2, 0.25) is 5.69 Å². The quantitative estimate of drug-likeness (QED) is 0.448.